The molecule has 1 saturated heterocycles. The fourth-order valence-corrected chi connectivity index (χ4v) is 3.54. The number of nitrogens with one attached hydrogen (secondary N) is 1. The lowest BCUT2D eigenvalue weighted by atomic mass is 10.1. The number of hydrogen-bond donors (Lipinski definition) is 2. The van der Waals surface area contributed by atoms with Gasteiger partial charge in [-0.3, -0.25) is 4.55 Å². The molecule has 0 bridgehead atoms. The van der Waals surface area contributed by atoms with Gasteiger partial charge in [0.25, 0.3) is 10.1 Å². The molecule has 0 aromatic heterocycles. The van der Waals surface area contributed by atoms with Crippen LogP contribution in [-0.2, 0) is 10.1 Å². The molecule has 0 aliphatic carbocycles. The first kappa shape index (κ1) is 14.3. The highest BCUT2D eigenvalue weighted by Gasteiger charge is 2.18. The summed E-state index contributed by atoms with van der Waals surface area (Å²) in [5, 5.41) is 4.77. The monoisotopic (exact) mass is 306 g/mol. The third-order valence-electron chi connectivity index (χ3n) is 3.82. The molecule has 0 unspecified atom stereocenters. The molecule has 0 amide bonds. The Bertz CT molecular complexity index is 751. The van der Waals surface area contributed by atoms with Gasteiger partial charge >= 0.3 is 0 Å². The Kier molecular flexibility index (Phi) is 3.84. The van der Waals surface area contributed by atoms with Gasteiger partial charge in [0.1, 0.15) is 4.90 Å². The van der Waals surface area contributed by atoms with Crippen LogP contribution in [0.25, 0.3) is 10.8 Å². The van der Waals surface area contributed by atoms with Gasteiger partial charge in [-0.25, -0.2) is 0 Å². The quantitative estimate of drug-likeness (QED) is 0.829. The van der Waals surface area contributed by atoms with E-state index in [9.17, 15) is 13.0 Å². The molecule has 1 heterocycles. The van der Waals surface area contributed by atoms with Crippen LogP contribution in [0.5, 0.6) is 0 Å². The molecular formula is C15H18N2O3S. The first-order valence-electron chi connectivity index (χ1n) is 7.02. The summed E-state index contributed by atoms with van der Waals surface area (Å²) < 4.78 is 32.4. The van der Waals surface area contributed by atoms with Crippen LogP contribution in [0.15, 0.2) is 41.3 Å². The second-order valence-corrected chi connectivity index (χ2v) is 6.58. The highest BCUT2D eigenvalue weighted by molar-refractivity contribution is 7.86. The molecule has 112 valence electrons. The van der Waals surface area contributed by atoms with E-state index in [-0.39, 0.29) is 4.90 Å². The van der Waals surface area contributed by atoms with E-state index in [0.29, 0.717) is 5.39 Å². The van der Waals surface area contributed by atoms with Crippen molar-refractivity contribution in [1.82, 2.24) is 5.32 Å². The number of nitrogens with zero attached hydrogens (tertiary/aromatic N) is 1. The Morgan fingerprint density at radius 1 is 1.00 bits per heavy atom. The van der Waals surface area contributed by atoms with Crippen LogP contribution in [0.4, 0.5) is 5.69 Å². The van der Waals surface area contributed by atoms with Crippen molar-refractivity contribution in [3.05, 3.63) is 36.4 Å². The summed E-state index contributed by atoms with van der Waals surface area (Å²) in [7, 11) is -4.21. The fraction of sp³-hybridized carbons (Fsp3) is 0.333. The minimum atomic E-state index is -4.21. The van der Waals surface area contributed by atoms with Crippen LogP contribution < -0.4 is 10.2 Å². The smallest absolute Gasteiger partial charge is 0.295 e. The maximum atomic E-state index is 11.5. The van der Waals surface area contributed by atoms with Crippen molar-refractivity contribution in [2.75, 3.05) is 31.1 Å². The Labute approximate surface area is 124 Å². The Hall–Kier alpha value is -1.63. The molecule has 0 atom stereocenters. The van der Waals surface area contributed by atoms with Crippen LogP contribution in [0.3, 0.4) is 0 Å². The van der Waals surface area contributed by atoms with E-state index in [0.717, 1.165) is 43.7 Å². The Morgan fingerprint density at radius 3 is 2.52 bits per heavy atom. The molecule has 0 saturated carbocycles. The van der Waals surface area contributed by atoms with E-state index < -0.39 is 10.1 Å². The number of anilines is 1. The summed E-state index contributed by atoms with van der Waals surface area (Å²) >= 11 is 0. The molecule has 0 radical (unpaired) electrons. The van der Waals surface area contributed by atoms with Crippen molar-refractivity contribution in [3.63, 3.8) is 0 Å². The van der Waals surface area contributed by atoms with Gasteiger partial charge in [0, 0.05) is 36.1 Å². The molecule has 2 aromatic rings. The normalized spacial score (nSPS) is 16.9. The van der Waals surface area contributed by atoms with E-state index in [1.807, 2.05) is 12.1 Å². The van der Waals surface area contributed by atoms with E-state index in [4.69, 9.17) is 0 Å². The lowest BCUT2D eigenvalue weighted by Gasteiger charge is -2.24. The van der Waals surface area contributed by atoms with Gasteiger partial charge in [-0.05, 0) is 25.1 Å². The van der Waals surface area contributed by atoms with Crippen LogP contribution >= 0.6 is 0 Å². The molecule has 0 spiro atoms. The largest absolute Gasteiger partial charge is 0.370 e. The predicted molar refractivity (Wildman–Crippen MR) is 83.5 cm³/mol. The van der Waals surface area contributed by atoms with Crippen molar-refractivity contribution in [3.8, 4) is 0 Å². The van der Waals surface area contributed by atoms with Crippen molar-refractivity contribution >= 4 is 26.6 Å². The van der Waals surface area contributed by atoms with Gasteiger partial charge in [0.2, 0.25) is 0 Å². The van der Waals surface area contributed by atoms with Crippen molar-refractivity contribution in [2.45, 2.75) is 11.3 Å². The number of rotatable bonds is 2. The zero-order chi connectivity index (χ0) is 14.9. The van der Waals surface area contributed by atoms with E-state index in [1.165, 1.54) is 6.07 Å². The van der Waals surface area contributed by atoms with Gasteiger partial charge in [0.15, 0.2) is 0 Å². The number of fused-ring (bicyclic) bond motifs is 1. The number of benzene rings is 2. The predicted octanol–water partition coefficient (Wildman–Crippen LogP) is 1.89. The van der Waals surface area contributed by atoms with E-state index >= 15 is 0 Å². The fourth-order valence-electron chi connectivity index (χ4n) is 2.84. The summed E-state index contributed by atoms with van der Waals surface area (Å²) in [6.07, 6.45) is 1.05. The molecule has 1 aliphatic heterocycles. The summed E-state index contributed by atoms with van der Waals surface area (Å²) in [6.45, 7) is 3.73. The first-order valence-corrected chi connectivity index (χ1v) is 8.46. The molecule has 1 fully saturated rings. The van der Waals surface area contributed by atoms with Crippen LogP contribution in [0.2, 0.25) is 0 Å². The summed E-state index contributed by atoms with van der Waals surface area (Å²) in [4.78, 5) is 2.23. The molecule has 5 nitrogen and oxygen atoms in total. The minimum absolute atomic E-state index is 0.0326. The Balaban J connectivity index is 2.17. The second kappa shape index (κ2) is 5.63. The highest BCUT2D eigenvalue weighted by atomic mass is 32.2. The van der Waals surface area contributed by atoms with Crippen molar-refractivity contribution in [2.24, 2.45) is 0 Å². The third-order valence-corrected chi connectivity index (χ3v) is 4.73. The molecule has 21 heavy (non-hydrogen) atoms. The molecule has 1 aliphatic rings. The highest BCUT2D eigenvalue weighted by Crippen LogP contribution is 2.31. The van der Waals surface area contributed by atoms with E-state index in [2.05, 4.69) is 10.2 Å². The van der Waals surface area contributed by atoms with E-state index in [1.54, 1.807) is 18.2 Å². The zero-order valence-corrected chi connectivity index (χ0v) is 12.4. The number of hydrogen-bond acceptors (Lipinski definition) is 4. The summed E-state index contributed by atoms with van der Waals surface area (Å²) in [5.74, 6) is 0. The molecule has 6 heteroatoms. The maximum Gasteiger partial charge on any atom is 0.295 e. The van der Waals surface area contributed by atoms with Gasteiger partial charge in [0.05, 0.1) is 0 Å². The van der Waals surface area contributed by atoms with Crippen LogP contribution in [-0.4, -0.2) is 39.1 Å². The third kappa shape index (κ3) is 2.88. The summed E-state index contributed by atoms with van der Waals surface area (Å²) in [5.41, 5.74) is 1.02. The van der Waals surface area contributed by atoms with Gasteiger partial charge in [-0.2, -0.15) is 8.42 Å². The Morgan fingerprint density at radius 2 is 1.76 bits per heavy atom. The lowest BCUT2D eigenvalue weighted by Crippen LogP contribution is -2.28. The van der Waals surface area contributed by atoms with Gasteiger partial charge < -0.3 is 10.2 Å². The standard InChI is InChI=1S/C15H18N2O3S/c18-21(19,20)15-7-6-14(12-4-1-2-5-13(12)15)17-10-3-8-16-9-11-17/h1-2,4-7,16H,3,8-11H2,(H,18,19,20). The second-order valence-electron chi connectivity index (χ2n) is 5.19. The minimum Gasteiger partial charge on any atom is -0.370 e. The van der Waals surface area contributed by atoms with Crippen LogP contribution in [0.1, 0.15) is 6.42 Å². The van der Waals surface area contributed by atoms with Crippen LogP contribution in [0, 0.1) is 0 Å². The van der Waals surface area contributed by atoms with Gasteiger partial charge in [-0.1, -0.05) is 24.3 Å². The average Bonchev–Trinajstić information content (AvgIpc) is 2.74. The molecular weight excluding hydrogens is 288 g/mol. The molecule has 3 rings (SSSR count). The van der Waals surface area contributed by atoms with Crippen molar-refractivity contribution < 1.29 is 13.0 Å². The molecule has 2 N–H and O–H groups in total. The SMILES string of the molecule is O=S(=O)(O)c1ccc(N2CCCNCC2)c2ccccc12. The average molecular weight is 306 g/mol. The lowest BCUT2D eigenvalue weighted by molar-refractivity contribution is 0.484. The van der Waals surface area contributed by atoms with Crippen molar-refractivity contribution in [1.29, 1.82) is 0 Å². The summed E-state index contributed by atoms with van der Waals surface area (Å²) in [6, 6.07) is 10.6. The first-order chi connectivity index (χ1) is 10.1. The molecule has 2 aromatic carbocycles. The maximum absolute atomic E-state index is 11.5. The topological polar surface area (TPSA) is 69.6 Å². The zero-order valence-electron chi connectivity index (χ0n) is 11.6. The van der Waals surface area contributed by atoms with Gasteiger partial charge in [-0.15, -0.1) is 0 Å².